The molecule has 3 N–H and O–H groups in total. The molecular weight excluding hydrogens is 297 g/mol. The number of nitrogens with one attached hydrogen (secondary N) is 1. The van der Waals surface area contributed by atoms with E-state index in [-0.39, 0.29) is 5.56 Å². The van der Waals surface area contributed by atoms with Gasteiger partial charge in [-0.1, -0.05) is 17.7 Å². The van der Waals surface area contributed by atoms with Crippen molar-refractivity contribution in [3.8, 4) is 0 Å². The van der Waals surface area contributed by atoms with Crippen LogP contribution in [-0.4, -0.2) is 0 Å². The number of halogens is 4. The molecule has 0 saturated carbocycles. The molecule has 0 amide bonds. The smallest absolute Gasteiger partial charge is 0.194 e. The van der Waals surface area contributed by atoms with Crippen molar-refractivity contribution in [2.75, 3.05) is 0 Å². The maximum Gasteiger partial charge on any atom is 0.194 e. The third kappa shape index (κ3) is 3.09. The first-order valence-electron chi connectivity index (χ1n) is 5.36. The molecule has 2 nitrogen and oxygen atoms in total. The van der Waals surface area contributed by atoms with Gasteiger partial charge in [-0.15, -0.1) is 11.3 Å². The Balaban J connectivity index is 2.29. The Morgan fingerprint density at radius 2 is 1.89 bits per heavy atom. The van der Waals surface area contributed by atoms with Crippen molar-refractivity contribution in [1.29, 1.82) is 0 Å². The number of benzene rings is 1. The zero-order valence-corrected chi connectivity index (χ0v) is 11.2. The molecule has 1 atom stereocenters. The van der Waals surface area contributed by atoms with Gasteiger partial charge >= 0.3 is 0 Å². The summed E-state index contributed by atoms with van der Waals surface area (Å²) in [4.78, 5) is 0.858. The molecule has 2 rings (SSSR count). The summed E-state index contributed by atoms with van der Waals surface area (Å²) in [6.07, 6.45) is 0.329. The van der Waals surface area contributed by atoms with Gasteiger partial charge in [0, 0.05) is 16.9 Å². The molecule has 102 valence electrons. The van der Waals surface area contributed by atoms with E-state index in [1.54, 1.807) is 12.1 Å². The van der Waals surface area contributed by atoms with Crippen LogP contribution in [0, 0.1) is 17.5 Å². The number of nitrogens with two attached hydrogens (primary N) is 1. The van der Waals surface area contributed by atoms with Crippen LogP contribution in [0.5, 0.6) is 0 Å². The van der Waals surface area contributed by atoms with Gasteiger partial charge in [0.25, 0.3) is 0 Å². The molecule has 7 heteroatoms. The normalized spacial score (nSPS) is 12.7. The first-order valence-corrected chi connectivity index (χ1v) is 6.56. The fraction of sp³-hybridized carbons (Fsp3) is 0.167. The van der Waals surface area contributed by atoms with Gasteiger partial charge in [-0.3, -0.25) is 11.3 Å². The van der Waals surface area contributed by atoms with Crippen molar-refractivity contribution in [2.24, 2.45) is 5.84 Å². The van der Waals surface area contributed by atoms with Crippen molar-refractivity contribution >= 4 is 22.9 Å². The van der Waals surface area contributed by atoms with E-state index in [9.17, 15) is 13.2 Å². The monoisotopic (exact) mass is 306 g/mol. The van der Waals surface area contributed by atoms with Gasteiger partial charge in [-0.05, 0) is 18.2 Å². The van der Waals surface area contributed by atoms with Crippen LogP contribution >= 0.6 is 22.9 Å². The molecule has 0 aliphatic rings. The van der Waals surface area contributed by atoms with Gasteiger partial charge in [0.15, 0.2) is 17.5 Å². The van der Waals surface area contributed by atoms with E-state index in [0.717, 1.165) is 10.9 Å². The van der Waals surface area contributed by atoms with Crippen LogP contribution in [0.4, 0.5) is 13.2 Å². The lowest BCUT2D eigenvalue weighted by Crippen LogP contribution is -2.30. The number of hydrazine groups is 1. The van der Waals surface area contributed by atoms with Crippen molar-refractivity contribution in [3.05, 3.63) is 56.5 Å². The predicted octanol–water partition coefficient (Wildman–Crippen LogP) is 3.57. The molecule has 0 bridgehead atoms. The minimum atomic E-state index is -1.50. The predicted molar refractivity (Wildman–Crippen MR) is 69.4 cm³/mol. The highest BCUT2D eigenvalue weighted by molar-refractivity contribution is 7.16. The Labute approximate surface area is 117 Å². The van der Waals surface area contributed by atoms with Gasteiger partial charge < -0.3 is 0 Å². The number of hydrogen-bond acceptors (Lipinski definition) is 3. The molecule has 1 heterocycles. The molecular formula is C12H10ClF3N2S. The van der Waals surface area contributed by atoms with E-state index < -0.39 is 23.5 Å². The molecule has 0 saturated heterocycles. The molecule has 2 aromatic rings. The molecule has 0 aliphatic heterocycles. The van der Waals surface area contributed by atoms with E-state index in [1.807, 2.05) is 0 Å². The average molecular weight is 307 g/mol. The Morgan fingerprint density at radius 1 is 1.16 bits per heavy atom. The Hall–Kier alpha value is -1.08. The number of hydrogen-bond donors (Lipinski definition) is 2. The summed E-state index contributed by atoms with van der Waals surface area (Å²) >= 11 is 7.11. The van der Waals surface area contributed by atoms with Crippen LogP contribution in [-0.2, 0) is 6.42 Å². The lowest BCUT2D eigenvalue weighted by molar-refractivity contribution is 0.425. The molecule has 0 spiro atoms. The highest BCUT2D eigenvalue weighted by atomic mass is 35.5. The van der Waals surface area contributed by atoms with Crippen molar-refractivity contribution in [3.63, 3.8) is 0 Å². The van der Waals surface area contributed by atoms with Crippen LogP contribution in [0.15, 0.2) is 24.3 Å². The summed E-state index contributed by atoms with van der Waals surface area (Å²) in [5, 5.41) is 0. The summed E-state index contributed by atoms with van der Waals surface area (Å²) in [5.74, 6) is 1.40. The fourth-order valence-corrected chi connectivity index (χ4v) is 2.86. The molecule has 1 aromatic carbocycles. The van der Waals surface area contributed by atoms with Crippen LogP contribution in [0.2, 0.25) is 4.34 Å². The van der Waals surface area contributed by atoms with Crippen LogP contribution in [0.3, 0.4) is 0 Å². The minimum Gasteiger partial charge on any atom is -0.271 e. The van der Waals surface area contributed by atoms with Crippen molar-refractivity contribution < 1.29 is 13.2 Å². The molecule has 0 radical (unpaired) electrons. The summed E-state index contributed by atoms with van der Waals surface area (Å²) in [5.41, 5.74) is 2.38. The number of rotatable bonds is 4. The quantitative estimate of drug-likeness (QED) is 0.515. The van der Waals surface area contributed by atoms with Crippen molar-refractivity contribution in [1.82, 2.24) is 5.43 Å². The second-order valence-electron chi connectivity index (χ2n) is 3.89. The molecule has 1 unspecified atom stereocenters. The first kappa shape index (κ1) is 14.3. The Kier molecular flexibility index (Phi) is 4.46. The van der Waals surface area contributed by atoms with E-state index >= 15 is 0 Å². The van der Waals surface area contributed by atoms with Gasteiger partial charge in [-0.2, -0.15) is 0 Å². The lowest BCUT2D eigenvalue weighted by atomic mass is 10.0. The zero-order valence-electron chi connectivity index (χ0n) is 9.59. The topological polar surface area (TPSA) is 38.0 Å². The summed E-state index contributed by atoms with van der Waals surface area (Å²) in [7, 11) is 0. The Morgan fingerprint density at radius 3 is 2.47 bits per heavy atom. The standard InChI is InChI=1S/C12H10ClF3N2S/c13-10-4-1-6(19-10)5-9(18-17)7-2-3-8(14)12(16)11(7)15/h1-4,9,18H,5,17H2. The van der Waals surface area contributed by atoms with E-state index in [4.69, 9.17) is 17.4 Å². The third-order valence-electron chi connectivity index (χ3n) is 2.68. The summed E-state index contributed by atoms with van der Waals surface area (Å²) in [6.45, 7) is 0. The van der Waals surface area contributed by atoms with Gasteiger partial charge in [-0.25, -0.2) is 13.2 Å². The van der Waals surface area contributed by atoms with Crippen LogP contribution in [0.25, 0.3) is 0 Å². The first-order chi connectivity index (χ1) is 9.02. The third-order valence-corrected chi connectivity index (χ3v) is 3.93. The summed E-state index contributed by atoms with van der Waals surface area (Å²) < 4.78 is 40.3. The van der Waals surface area contributed by atoms with Gasteiger partial charge in [0.05, 0.1) is 10.4 Å². The molecule has 0 fully saturated rings. The highest BCUT2D eigenvalue weighted by Crippen LogP contribution is 2.28. The minimum absolute atomic E-state index is 0.0223. The second-order valence-corrected chi connectivity index (χ2v) is 5.69. The molecule has 19 heavy (non-hydrogen) atoms. The van der Waals surface area contributed by atoms with Crippen LogP contribution in [0.1, 0.15) is 16.5 Å². The van der Waals surface area contributed by atoms with Crippen molar-refractivity contribution in [2.45, 2.75) is 12.5 Å². The largest absolute Gasteiger partial charge is 0.271 e. The van der Waals surface area contributed by atoms with E-state index in [0.29, 0.717) is 10.8 Å². The Bertz CT molecular complexity index is 588. The maximum absolute atomic E-state index is 13.7. The molecule has 1 aromatic heterocycles. The maximum atomic E-state index is 13.7. The SMILES string of the molecule is NNC(Cc1ccc(Cl)s1)c1ccc(F)c(F)c1F. The average Bonchev–Trinajstić information content (AvgIpc) is 2.80. The van der Waals surface area contributed by atoms with Gasteiger partial charge in [0.1, 0.15) is 0 Å². The lowest BCUT2D eigenvalue weighted by Gasteiger charge is -2.16. The number of thiophene rings is 1. The van der Waals surface area contributed by atoms with Gasteiger partial charge in [0.2, 0.25) is 0 Å². The van der Waals surface area contributed by atoms with Crippen LogP contribution < -0.4 is 11.3 Å². The van der Waals surface area contributed by atoms with E-state index in [1.165, 1.54) is 17.4 Å². The second kappa shape index (κ2) is 5.92. The highest BCUT2D eigenvalue weighted by Gasteiger charge is 2.20. The fourth-order valence-electron chi connectivity index (χ4n) is 1.73. The molecule has 0 aliphatic carbocycles. The summed E-state index contributed by atoms with van der Waals surface area (Å²) in [6, 6.07) is 4.86. The zero-order chi connectivity index (χ0) is 14.0. The van der Waals surface area contributed by atoms with E-state index in [2.05, 4.69) is 5.43 Å².